The number of carbonyl (C=O) groups is 4. The maximum absolute atomic E-state index is 13.8. The highest BCUT2D eigenvalue weighted by atomic mass is 16.4. The van der Waals surface area contributed by atoms with Crippen LogP contribution in [0.4, 0.5) is 0 Å². The molecular weight excluding hydrogens is 592 g/mol. The molecule has 0 aliphatic carbocycles. The van der Waals surface area contributed by atoms with Crippen molar-refractivity contribution < 1.29 is 29.4 Å². The Morgan fingerprint density at radius 2 is 1.33 bits per heavy atom. The Balaban J connectivity index is 1.37. The third-order valence-corrected chi connectivity index (χ3v) is 7.84. The molecule has 14 heteroatoms. The van der Waals surface area contributed by atoms with Crippen molar-refractivity contribution in [1.29, 1.82) is 0 Å². The van der Waals surface area contributed by atoms with Crippen molar-refractivity contribution in [2.45, 2.75) is 56.5 Å². The number of aromatic nitrogens is 4. The Bertz CT molecular complexity index is 1830. The molecule has 3 aromatic heterocycles. The van der Waals surface area contributed by atoms with Crippen molar-refractivity contribution in [2.75, 3.05) is 0 Å². The van der Waals surface area contributed by atoms with Gasteiger partial charge in [0.2, 0.25) is 17.7 Å². The number of rotatable bonds is 14. The summed E-state index contributed by atoms with van der Waals surface area (Å²) in [6, 6.07) is 9.95. The summed E-state index contributed by atoms with van der Waals surface area (Å²) < 4.78 is 0. The minimum absolute atomic E-state index is 0.00419. The first kappa shape index (κ1) is 31.9. The van der Waals surface area contributed by atoms with Gasteiger partial charge in [0.25, 0.3) is 0 Å². The Labute approximate surface area is 263 Å². The predicted molar refractivity (Wildman–Crippen MR) is 169 cm³/mol. The van der Waals surface area contributed by atoms with Gasteiger partial charge in [-0.05, 0) is 36.6 Å². The summed E-state index contributed by atoms with van der Waals surface area (Å²) in [5, 5.41) is 29.0. The highest BCUT2D eigenvalue weighted by Crippen LogP contribution is 2.20. The van der Waals surface area contributed by atoms with Crippen molar-refractivity contribution in [1.82, 2.24) is 35.9 Å². The molecule has 14 nitrogen and oxygen atoms in total. The summed E-state index contributed by atoms with van der Waals surface area (Å²) >= 11 is 0. The van der Waals surface area contributed by atoms with Gasteiger partial charge in [0.05, 0.1) is 18.5 Å². The van der Waals surface area contributed by atoms with Gasteiger partial charge in [-0.1, -0.05) is 36.4 Å². The van der Waals surface area contributed by atoms with Crippen LogP contribution in [-0.2, 0) is 38.4 Å². The van der Waals surface area contributed by atoms with Gasteiger partial charge in [0.15, 0.2) is 6.04 Å². The topological polar surface area (TPSA) is 231 Å². The van der Waals surface area contributed by atoms with E-state index in [0.29, 0.717) is 11.3 Å². The molecule has 0 saturated heterocycles. The number of nitrogens with one attached hydrogen (secondary N) is 6. The smallest absolute Gasteiger partial charge is 0.328 e. The second-order valence-electron chi connectivity index (χ2n) is 11.2. The van der Waals surface area contributed by atoms with E-state index in [9.17, 15) is 29.4 Å². The largest absolute Gasteiger partial charge is 0.480 e. The molecule has 5 rings (SSSR count). The number of aromatic amines is 3. The molecular formula is C32H36N8O6. The number of aliphatic hydroxyl groups excluding tert-OH is 1. The number of aliphatic hydroxyl groups is 1. The highest BCUT2D eigenvalue weighted by molar-refractivity contribution is 5.95. The number of imidazole rings is 1. The van der Waals surface area contributed by atoms with Gasteiger partial charge in [-0.25, -0.2) is 9.78 Å². The van der Waals surface area contributed by atoms with Crippen LogP contribution in [0.1, 0.15) is 23.7 Å². The minimum atomic E-state index is -1.61. The third kappa shape index (κ3) is 7.42. The van der Waals surface area contributed by atoms with E-state index in [-0.39, 0.29) is 19.3 Å². The molecule has 3 heterocycles. The number of carboxylic acid groups (broad SMARTS) is 1. The van der Waals surface area contributed by atoms with Crippen LogP contribution in [0.3, 0.4) is 0 Å². The number of carboxylic acids is 1. The molecule has 5 aromatic rings. The number of amides is 3. The summed E-state index contributed by atoms with van der Waals surface area (Å²) in [5.74, 6) is -3.54. The lowest BCUT2D eigenvalue weighted by Gasteiger charge is -2.25. The van der Waals surface area contributed by atoms with Crippen LogP contribution in [0.15, 0.2) is 73.4 Å². The molecule has 46 heavy (non-hydrogen) atoms. The van der Waals surface area contributed by atoms with E-state index in [1.807, 2.05) is 48.5 Å². The van der Waals surface area contributed by atoms with Gasteiger partial charge < -0.3 is 46.8 Å². The Morgan fingerprint density at radius 1 is 0.783 bits per heavy atom. The van der Waals surface area contributed by atoms with E-state index in [1.54, 1.807) is 12.4 Å². The first-order valence-corrected chi connectivity index (χ1v) is 14.8. The molecule has 10 N–H and O–H groups in total. The molecule has 3 amide bonds. The van der Waals surface area contributed by atoms with Crippen molar-refractivity contribution in [3.8, 4) is 0 Å². The Morgan fingerprint density at radius 3 is 1.89 bits per heavy atom. The summed E-state index contributed by atoms with van der Waals surface area (Å²) in [6.07, 6.45) is 5.22. The maximum atomic E-state index is 13.8. The number of nitrogens with zero attached hydrogens (tertiary/aromatic N) is 1. The molecule has 0 radical (unpaired) electrons. The number of nitrogens with two attached hydrogens (primary N) is 1. The normalized spacial score (nSPS) is 14.7. The van der Waals surface area contributed by atoms with E-state index >= 15 is 0 Å². The van der Waals surface area contributed by atoms with Crippen molar-refractivity contribution >= 4 is 45.5 Å². The van der Waals surface area contributed by atoms with Crippen LogP contribution in [0.2, 0.25) is 0 Å². The van der Waals surface area contributed by atoms with Gasteiger partial charge in [0, 0.05) is 58.9 Å². The fraction of sp³-hybridized carbons (Fsp3) is 0.281. The number of H-pyrrole nitrogens is 3. The number of para-hydroxylation sites is 2. The summed E-state index contributed by atoms with van der Waals surface area (Å²) in [5.41, 5.74) is 10.1. The summed E-state index contributed by atoms with van der Waals surface area (Å²) in [6.45, 7) is 1.24. The molecule has 0 aliphatic rings. The third-order valence-electron chi connectivity index (χ3n) is 7.84. The molecule has 5 atom stereocenters. The second-order valence-corrected chi connectivity index (χ2v) is 11.2. The highest BCUT2D eigenvalue weighted by Gasteiger charge is 2.33. The fourth-order valence-corrected chi connectivity index (χ4v) is 5.38. The Kier molecular flexibility index (Phi) is 9.79. The lowest BCUT2D eigenvalue weighted by Crippen LogP contribution is -2.59. The first-order valence-electron chi connectivity index (χ1n) is 14.8. The monoisotopic (exact) mass is 628 g/mol. The minimum Gasteiger partial charge on any atom is -0.480 e. The van der Waals surface area contributed by atoms with Gasteiger partial charge in [-0.2, -0.15) is 0 Å². The number of fused-ring (bicyclic) bond motifs is 2. The second kappa shape index (κ2) is 14.1. The zero-order valence-corrected chi connectivity index (χ0v) is 25.0. The quantitative estimate of drug-likeness (QED) is 0.0845. The van der Waals surface area contributed by atoms with Crippen molar-refractivity contribution in [3.63, 3.8) is 0 Å². The standard InChI is InChI=1S/C32H36N8O6/c1-17(41)28(32(45)46)40-31(44)26(11-19-14-36-25-9-5-3-7-22(19)25)39-30(43)27(12-20-15-34-16-37-20)38-29(42)23(33)10-18-13-35-24-8-4-2-6-21(18)24/h2-9,13-17,23,26-28,35-36,41H,10-12,33H2,1H3,(H,34,37)(H,38,42)(H,39,43)(H,40,44)(H,45,46). The van der Waals surface area contributed by atoms with Crippen LogP contribution in [0, 0.1) is 0 Å². The molecule has 2 aromatic carbocycles. The van der Waals surface area contributed by atoms with Gasteiger partial charge >= 0.3 is 5.97 Å². The SMILES string of the molecule is CC(O)C(NC(=O)C(Cc1c[nH]c2ccccc12)NC(=O)C(Cc1cnc[nH]1)NC(=O)C(N)Cc1c[nH]c2ccccc12)C(=O)O. The fourth-order valence-electron chi connectivity index (χ4n) is 5.38. The molecule has 0 fully saturated rings. The average Bonchev–Trinajstić information content (AvgIpc) is 3.80. The van der Waals surface area contributed by atoms with Gasteiger partial charge in [-0.3, -0.25) is 14.4 Å². The zero-order chi connectivity index (χ0) is 32.8. The van der Waals surface area contributed by atoms with Crippen LogP contribution < -0.4 is 21.7 Å². The van der Waals surface area contributed by atoms with Crippen LogP contribution in [-0.4, -0.2) is 84.1 Å². The summed E-state index contributed by atoms with van der Waals surface area (Å²) in [4.78, 5) is 65.5. The van der Waals surface area contributed by atoms with Crippen LogP contribution in [0.25, 0.3) is 21.8 Å². The number of hydrogen-bond acceptors (Lipinski definition) is 7. The number of benzene rings is 2. The zero-order valence-electron chi connectivity index (χ0n) is 25.0. The average molecular weight is 629 g/mol. The maximum Gasteiger partial charge on any atom is 0.328 e. The van der Waals surface area contributed by atoms with E-state index in [4.69, 9.17) is 5.73 Å². The van der Waals surface area contributed by atoms with Gasteiger partial charge in [-0.15, -0.1) is 0 Å². The van der Waals surface area contributed by atoms with Crippen LogP contribution >= 0.6 is 0 Å². The van der Waals surface area contributed by atoms with E-state index < -0.39 is 54.0 Å². The molecule has 0 saturated carbocycles. The van der Waals surface area contributed by atoms with Crippen molar-refractivity contribution in [2.24, 2.45) is 5.73 Å². The van der Waals surface area contributed by atoms with E-state index in [0.717, 1.165) is 27.4 Å². The lowest BCUT2D eigenvalue weighted by atomic mass is 10.0. The van der Waals surface area contributed by atoms with E-state index in [1.165, 1.54) is 19.4 Å². The number of hydrogen-bond donors (Lipinski definition) is 9. The number of carbonyl (C=O) groups excluding carboxylic acids is 3. The first-order chi connectivity index (χ1) is 22.1. The molecule has 5 unspecified atom stereocenters. The lowest BCUT2D eigenvalue weighted by molar-refractivity contribution is -0.145. The van der Waals surface area contributed by atoms with Crippen LogP contribution in [0.5, 0.6) is 0 Å². The van der Waals surface area contributed by atoms with E-state index in [2.05, 4.69) is 35.9 Å². The van der Waals surface area contributed by atoms with Crippen molar-refractivity contribution in [3.05, 3.63) is 90.3 Å². The molecule has 0 aliphatic heterocycles. The molecule has 0 spiro atoms. The predicted octanol–water partition coefficient (Wildman–Crippen LogP) is 0.647. The molecule has 0 bridgehead atoms. The molecule has 240 valence electrons. The van der Waals surface area contributed by atoms with Gasteiger partial charge in [0.1, 0.15) is 12.1 Å². The Hall–Kier alpha value is -5.47. The summed E-state index contributed by atoms with van der Waals surface area (Å²) in [7, 11) is 0. The number of aliphatic carboxylic acids is 1.